The zero-order valence-corrected chi connectivity index (χ0v) is 8.56. The Morgan fingerprint density at radius 2 is 2.13 bits per heavy atom. The summed E-state index contributed by atoms with van der Waals surface area (Å²) in [4.78, 5) is 21.9. The molecule has 0 radical (unpaired) electrons. The number of carbonyl (C=O) groups is 2. The number of hydrogen-bond donors (Lipinski definition) is 2. The third-order valence-corrected chi connectivity index (χ3v) is 2.79. The lowest BCUT2D eigenvalue weighted by atomic mass is 9.94. The van der Waals surface area contributed by atoms with Gasteiger partial charge in [0.05, 0.1) is 5.92 Å². The molecule has 0 saturated carbocycles. The maximum atomic E-state index is 11.0. The molecule has 2 unspecified atom stereocenters. The van der Waals surface area contributed by atoms with E-state index in [4.69, 9.17) is 10.2 Å². The quantitative estimate of drug-likeness (QED) is 0.692. The fourth-order valence-corrected chi connectivity index (χ4v) is 2.03. The van der Waals surface area contributed by atoms with Crippen molar-refractivity contribution < 1.29 is 19.8 Å². The molecule has 2 N–H and O–H groups in total. The number of aliphatic carboxylic acids is 2. The van der Waals surface area contributed by atoms with Crippen LogP contribution in [0.4, 0.5) is 0 Å². The van der Waals surface area contributed by atoms with Gasteiger partial charge < -0.3 is 10.2 Å². The van der Waals surface area contributed by atoms with Crippen LogP contribution < -0.4 is 0 Å². The predicted octanol–water partition coefficient (Wildman–Crippen LogP) is 1.68. The van der Waals surface area contributed by atoms with Crippen molar-refractivity contribution >= 4 is 11.9 Å². The molecule has 0 saturated heterocycles. The van der Waals surface area contributed by atoms with E-state index in [1.807, 2.05) is 0 Å². The Bertz CT molecular complexity index is 340. The molecule has 4 heteroatoms. The van der Waals surface area contributed by atoms with E-state index in [0.717, 1.165) is 0 Å². The van der Waals surface area contributed by atoms with Gasteiger partial charge in [0.1, 0.15) is 0 Å². The number of rotatable bonds is 4. The molecule has 1 aliphatic rings. The molecule has 0 spiro atoms. The van der Waals surface area contributed by atoms with E-state index in [-0.39, 0.29) is 11.5 Å². The highest BCUT2D eigenvalue weighted by atomic mass is 16.4. The van der Waals surface area contributed by atoms with E-state index < -0.39 is 17.9 Å². The topological polar surface area (TPSA) is 74.6 Å². The molecule has 82 valence electrons. The van der Waals surface area contributed by atoms with Crippen molar-refractivity contribution in [3.05, 3.63) is 23.8 Å². The molecule has 2 atom stereocenters. The highest BCUT2D eigenvalue weighted by molar-refractivity contribution is 5.91. The van der Waals surface area contributed by atoms with E-state index in [1.54, 1.807) is 6.92 Å². The normalized spacial score (nSPS) is 22.6. The van der Waals surface area contributed by atoms with Gasteiger partial charge >= 0.3 is 11.9 Å². The van der Waals surface area contributed by atoms with Crippen LogP contribution in [0.2, 0.25) is 0 Å². The molecule has 0 fully saturated rings. The molecule has 0 aromatic heterocycles. The van der Waals surface area contributed by atoms with Gasteiger partial charge in [-0.3, -0.25) is 4.79 Å². The first-order chi connectivity index (χ1) is 6.99. The number of carboxylic acid groups (broad SMARTS) is 2. The van der Waals surface area contributed by atoms with Crippen molar-refractivity contribution in [2.45, 2.75) is 19.8 Å². The van der Waals surface area contributed by atoms with Crippen LogP contribution >= 0.6 is 0 Å². The summed E-state index contributed by atoms with van der Waals surface area (Å²) in [5.74, 6) is -2.98. The second kappa shape index (κ2) is 4.29. The maximum absolute atomic E-state index is 11.0. The summed E-state index contributed by atoms with van der Waals surface area (Å²) in [6.07, 6.45) is 2.53. The third kappa shape index (κ3) is 2.09. The minimum Gasteiger partial charge on any atom is -0.481 e. The van der Waals surface area contributed by atoms with E-state index >= 15 is 0 Å². The Balaban J connectivity index is 3.14. The Morgan fingerprint density at radius 3 is 2.53 bits per heavy atom. The van der Waals surface area contributed by atoms with Crippen molar-refractivity contribution in [2.24, 2.45) is 11.8 Å². The summed E-state index contributed by atoms with van der Waals surface area (Å²) in [7, 11) is 0. The first-order valence-corrected chi connectivity index (χ1v) is 4.80. The van der Waals surface area contributed by atoms with Crippen molar-refractivity contribution in [2.75, 3.05) is 0 Å². The van der Waals surface area contributed by atoms with Crippen molar-refractivity contribution in [3.8, 4) is 0 Å². The summed E-state index contributed by atoms with van der Waals surface area (Å²) >= 11 is 0. The van der Waals surface area contributed by atoms with Gasteiger partial charge in [-0.2, -0.15) is 0 Å². The van der Waals surface area contributed by atoms with E-state index in [2.05, 4.69) is 6.58 Å². The zero-order chi connectivity index (χ0) is 11.6. The summed E-state index contributed by atoms with van der Waals surface area (Å²) in [6, 6.07) is 0. The van der Waals surface area contributed by atoms with Crippen LogP contribution in [0.1, 0.15) is 19.8 Å². The van der Waals surface area contributed by atoms with Gasteiger partial charge in [0.15, 0.2) is 0 Å². The summed E-state index contributed by atoms with van der Waals surface area (Å²) < 4.78 is 0. The molecule has 0 bridgehead atoms. The Hall–Kier alpha value is -1.58. The SMILES string of the molecule is C=CC(C(=O)O)C1=C(C(=O)O)C(C)CC1. The van der Waals surface area contributed by atoms with Gasteiger partial charge in [-0.05, 0) is 24.3 Å². The van der Waals surface area contributed by atoms with E-state index in [1.165, 1.54) is 6.08 Å². The first-order valence-electron chi connectivity index (χ1n) is 4.80. The average molecular weight is 210 g/mol. The second-order valence-corrected chi connectivity index (χ2v) is 3.74. The molecule has 0 heterocycles. The lowest BCUT2D eigenvalue weighted by Gasteiger charge is -2.10. The minimum absolute atomic E-state index is 0.0701. The van der Waals surface area contributed by atoms with E-state index in [9.17, 15) is 9.59 Å². The molecule has 0 aromatic rings. The van der Waals surface area contributed by atoms with Crippen LogP contribution in [0.5, 0.6) is 0 Å². The molecule has 15 heavy (non-hydrogen) atoms. The monoisotopic (exact) mass is 210 g/mol. The second-order valence-electron chi connectivity index (χ2n) is 3.74. The summed E-state index contributed by atoms with van der Waals surface area (Å²) in [6.45, 7) is 5.24. The number of carboxylic acids is 2. The lowest BCUT2D eigenvalue weighted by Crippen LogP contribution is -2.16. The molecular weight excluding hydrogens is 196 g/mol. The van der Waals surface area contributed by atoms with Crippen molar-refractivity contribution in [1.82, 2.24) is 0 Å². The Kier molecular flexibility index (Phi) is 3.29. The standard InChI is InChI=1S/C11H14O4/c1-3-7(10(12)13)8-5-4-6(2)9(8)11(14)15/h3,6-7H,1,4-5H2,2H3,(H,12,13)(H,14,15). The van der Waals surface area contributed by atoms with Crippen LogP contribution in [-0.4, -0.2) is 22.2 Å². The first kappa shape index (κ1) is 11.5. The zero-order valence-electron chi connectivity index (χ0n) is 8.56. The Labute approximate surface area is 87.9 Å². The molecule has 0 aromatic carbocycles. The number of hydrogen-bond acceptors (Lipinski definition) is 2. The van der Waals surface area contributed by atoms with Crippen LogP contribution in [0.3, 0.4) is 0 Å². The fraction of sp³-hybridized carbons (Fsp3) is 0.455. The van der Waals surface area contributed by atoms with Crippen molar-refractivity contribution in [3.63, 3.8) is 0 Å². The molecular formula is C11H14O4. The fourth-order valence-electron chi connectivity index (χ4n) is 2.03. The third-order valence-electron chi connectivity index (χ3n) is 2.79. The molecule has 1 rings (SSSR count). The lowest BCUT2D eigenvalue weighted by molar-refractivity contribution is -0.138. The van der Waals surface area contributed by atoms with Crippen LogP contribution in [0.25, 0.3) is 0 Å². The summed E-state index contributed by atoms with van der Waals surface area (Å²) in [5, 5.41) is 17.9. The smallest absolute Gasteiger partial charge is 0.331 e. The van der Waals surface area contributed by atoms with E-state index in [0.29, 0.717) is 18.4 Å². The average Bonchev–Trinajstić information content (AvgIpc) is 2.48. The molecule has 0 amide bonds. The summed E-state index contributed by atoms with van der Waals surface area (Å²) in [5.41, 5.74) is 0.750. The maximum Gasteiger partial charge on any atom is 0.331 e. The minimum atomic E-state index is -1.03. The molecule has 4 nitrogen and oxygen atoms in total. The highest BCUT2D eigenvalue weighted by Crippen LogP contribution is 2.36. The van der Waals surface area contributed by atoms with Gasteiger partial charge in [-0.25, -0.2) is 4.79 Å². The van der Waals surface area contributed by atoms with Gasteiger partial charge in [-0.1, -0.05) is 13.0 Å². The van der Waals surface area contributed by atoms with Crippen LogP contribution in [0.15, 0.2) is 23.8 Å². The van der Waals surface area contributed by atoms with Gasteiger partial charge in [0, 0.05) is 5.57 Å². The van der Waals surface area contributed by atoms with Gasteiger partial charge in [0.2, 0.25) is 0 Å². The molecule has 0 aliphatic heterocycles. The van der Waals surface area contributed by atoms with Crippen LogP contribution in [-0.2, 0) is 9.59 Å². The Morgan fingerprint density at radius 1 is 1.53 bits per heavy atom. The molecule has 1 aliphatic carbocycles. The predicted molar refractivity (Wildman–Crippen MR) is 54.4 cm³/mol. The van der Waals surface area contributed by atoms with Crippen molar-refractivity contribution in [1.29, 1.82) is 0 Å². The largest absolute Gasteiger partial charge is 0.481 e. The highest BCUT2D eigenvalue weighted by Gasteiger charge is 2.33. The van der Waals surface area contributed by atoms with Gasteiger partial charge in [0.25, 0.3) is 0 Å². The van der Waals surface area contributed by atoms with Gasteiger partial charge in [-0.15, -0.1) is 6.58 Å². The van der Waals surface area contributed by atoms with Crippen LogP contribution in [0, 0.1) is 11.8 Å².